The summed E-state index contributed by atoms with van der Waals surface area (Å²) in [6.45, 7) is 6.84. The first kappa shape index (κ1) is 18.9. The number of ketones is 1. The summed E-state index contributed by atoms with van der Waals surface area (Å²) in [7, 11) is 0. The van der Waals surface area contributed by atoms with E-state index in [4.69, 9.17) is 13.9 Å². The molecule has 7 heteroatoms. The van der Waals surface area contributed by atoms with Crippen LogP contribution < -0.4 is 0 Å². The van der Waals surface area contributed by atoms with Crippen molar-refractivity contribution < 1.29 is 33.4 Å². The van der Waals surface area contributed by atoms with Gasteiger partial charge < -0.3 is 19.0 Å². The second-order valence-corrected chi connectivity index (χ2v) is 9.87. The quantitative estimate of drug-likeness (QED) is 0.718. The normalized spacial score (nSPS) is 44.4. The Morgan fingerprint density at radius 3 is 2.69 bits per heavy atom. The first-order valence-corrected chi connectivity index (χ1v) is 10.2. The highest BCUT2D eigenvalue weighted by molar-refractivity contribution is 5.90. The fourth-order valence-electron chi connectivity index (χ4n) is 6.94. The minimum atomic E-state index is -1.67. The number of hydrogen-bond donors (Lipinski definition) is 1. The van der Waals surface area contributed by atoms with E-state index in [1.165, 1.54) is 6.92 Å². The SMILES string of the molecule is CC(=O)O[C@H]1[C@@H]2OC(=O)[C@@H]3c4ccoc4C[C@H]([C@@H]23)[C@@]2(C)C(=O)CCC(C)(C)[C@]12O. The van der Waals surface area contributed by atoms with Crippen LogP contribution in [0.5, 0.6) is 0 Å². The molecule has 2 heterocycles. The first-order valence-electron chi connectivity index (χ1n) is 10.2. The summed E-state index contributed by atoms with van der Waals surface area (Å²) in [5.41, 5.74) is -2.83. The zero-order chi connectivity index (χ0) is 20.9. The third kappa shape index (κ3) is 2.00. The molecular formula is C22H26O7. The molecule has 1 aliphatic heterocycles. The highest BCUT2D eigenvalue weighted by Gasteiger charge is 2.78. The maximum Gasteiger partial charge on any atom is 0.314 e. The Morgan fingerprint density at radius 1 is 1.28 bits per heavy atom. The van der Waals surface area contributed by atoms with Crippen LogP contribution in [-0.2, 0) is 30.3 Å². The molecule has 1 aromatic heterocycles. The molecule has 29 heavy (non-hydrogen) atoms. The maximum atomic E-state index is 13.4. The molecule has 0 unspecified atom stereocenters. The van der Waals surface area contributed by atoms with E-state index in [0.29, 0.717) is 25.0 Å². The summed E-state index contributed by atoms with van der Waals surface area (Å²) in [6.07, 6.45) is 0.873. The van der Waals surface area contributed by atoms with Crippen LogP contribution in [0.4, 0.5) is 0 Å². The Hall–Kier alpha value is -2.15. The fraction of sp³-hybridized carbons (Fsp3) is 0.682. The predicted octanol–water partition coefficient (Wildman–Crippen LogP) is 2.15. The van der Waals surface area contributed by atoms with Gasteiger partial charge in [0.25, 0.3) is 0 Å². The number of hydrogen-bond acceptors (Lipinski definition) is 7. The molecule has 0 aromatic carbocycles. The Bertz CT molecular complexity index is 929. The van der Waals surface area contributed by atoms with Gasteiger partial charge in [0.15, 0.2) is 6.10 Å². The maximum absolute atomic E-state index is 13.4. The molecule has 3 aliphatic carbocycles. The number of ether oxygens (including phenoxy) is 2. The standard InChI is InChI=1S/C22H26O7/c1-10(23)28-18-17-16-12(9-13-11(6-8-27-13)15(16)19(25)29-17)21(4)14(24)5-7-20(2,3)22(18,21)26/h6,8,12,15-18,26H,5,7,9H2,1-4H3/t12-,15-,16-,17-,18+,21+,22-/m1/s1. The number of Topliss-reactive ketones (excluding diaryl/α,β-unsaturated/α-hetero) is 1. The molecule has 1 aromatic rings. The van der Waals surface area contributed by atoms with Crippen LogP contribution in [0.2, 0.25) is 0 Å². The number of esters is 2. The van der Waals surface area contributed by atoms with Crippen molar-refractivity contribution in [1.29, 1.82) is 0 Å². The lowest BCUT2D eigenvalue weighted by atomic mass is 9.40. The van der Waals surface area contributed by atoms with Gasteiger partial charge in [0.2, 0.25) is 0 Å². The Morgan fingerprint density at radius 2 is 2.00 bits per heavy atom. The third-order valence-corrected chi connectivity index (χ3v) is 8.38. The third-order valence-electron chi connectivity index (χ3n) is 8.38. The molecule has 0 amide bonds. The average Bonchev–Trinajstić information content (AvgIpc) is 3.24. The average molecular weight is 402 g/mol. The molecule has 5 rings (SSSR count). The summed E-state index contributed by atoms with van der Waals surface area (Å²) in [6, 6.07) is 1.77. The summed E-state index contributed by atoms with van der Waals surface area (Å²) in [5, 5.41) is 12.3. The second kappa shape index (κ2) is 5.50. The zero-order valence-corrected chi connectivity index (χ0v) is 17.1. The number of aliphatic hydroxyl groups is 1. The van der Waals surface area contributed by atoms with Gasteiger partial charge in [-0.2, -0.15) is 0 Å². The molecule has 7 nitrogen and oxygen atoms in total. The van der Waals surface area contributed by atoms with Crippen LogP contribution in [0, 0.1) is 22.7 Å². The van der Waals surface area contributed by atoms with Gasteiger partial charge in [-0.05, 0) is 30.7 Å². The number of rotatable bonds is 1. The summed E-state index contributed by atoms with van der Waals surface area (Å²) in [4.78, 5) is 38.4. The van der Waals surface area contributed by atoms with Crippen molar-refractivity contribution in [2.45, 2.75) is 70.7 Å². The van der Waals surface area contributed by atoms with Crippen LogP contribution in [0.15, 0.2) is 16.7 Å². The van der Waals surface area contributed by atoms with Gasteiger partial charge in [0.1, 0.15) is 23.2 Å². The molecule has 1 N–H and O–H groups in total. The zero-order valence-electron chi connectivity index (χ0n) is 17.1. The Labute approximate surface area is 168 Å². The van der Waals surface area contributed by atoms with Gasteiger partial charge >= 0.3 is 11.9 Å². The molecule has 3 fully saturated rings. The van der Waals surface area contributed by atoms with Crippen LogP contribution in [0.1, 0.15) is 57.8 Å². The van der Waals surface area contributed by atoms with Crippen LogP contribution in [-0.4, -0.2) is 40.6 Å². The number of carbonyl (C=O) groups excluding carboxylic acids is 3. The van der Waals surface area contributed by atoms with Gasteiger partial charge in [-0.15, -0.1) is 0 Å². The highest BCUT2D eigenvalue weighted by Crippen LogP contribution is 2.68. The van der Waals surface area contributed by atoms with Crippen molar-refractivity contribution in [2.75, 3.05) is 0 Å². The van der Waals surface area contributed by atoms with Gasteiger partial charge in [-0.1, -0.05) is 13.8 Å². The smallest absolute Gasteiger partial charge is 0.314 e. The molecule has 0 bridgehead atoms. The van der Waals surface area contributed by atoms with Gasteiger partial charge in [-0.25, -0.2) is 0 Å². The van der Waals surface area contributed by atoms with Crippen molar-refractivity contribution in [3.8, 4) is 0 Å². The van der Waals surface area contributed by atoms with Gasteiger partial charge in [-0.3, -0.25) is 14.4 Å². The van der Waals surface area contributed by atoms with Gasteiger partial charge in [0.05, 0.1) is 17.6 Å². The molecule has 4 aliphatic rings. The second-order valence-electron chi connectivity index (χ2n) is 9.87. The fourth-order valence-corrected chi connectivity index (χ4v) is 6.94. The van der Waals surface area contributed by atoms with E-state index < -0.39 is 46.5 Å². The van der Waals surface area contributed by atoms with Crippen LogP contribution in [0.25, 0.3) is 0 Å². The minimum absolute atomic E-state index is 0.0620. The topological polar surface area (TPSA) is 103 Å². The van der Waals surface area contributed by atoms with Crippen molar-refractivity contribution >= 4 is 17.7 Å². The molecule has 1 saturated heterocycles. The van der Waals surface area contributed by atoms with Crippen LogP contribution >= 0.6 is 0 Å². The highest BCUT2D eigenvalue weighted by atomic mass is 16.6. The van der Waals surface area contributed by atoms with E-state index >= 15 is 0 Å². The van der Waals surface area contributed by atoms with Crippen molar-refractivity contribution in [3.05, 3.63) is 23.7 Å². The lowest BCUT2D eigenvalue weighted by Crippen LogP contribution is -2.78. The van der Waals surface area contributed by atoms with E-state index in [-0.39, 0.29) is 17.6 Å². The van der Waals surface area contributed by atoms with E-state index in [0.717, 1.165) is 5.56 Å². The largest absolute Gasteiger partial charge is 0.469 e. The lowest BCUT2D eigenvalue weighted by molar-refractivity contribution is -0.293. The lowest BCUT2D eigenvalue weighted by Gasteiger charge is -2.66. The molecule has 0 spiro atoms. The monoisotopic (exact) mass is 402 g/mol. The van der Waals surface area contributed by atoms with Crippen molar-refractivity contribution in [1.82, 2.24) is 0 Å². The molecule has 2 saturated carbocycles. The molecular weight excluding hydrogens is 376 g/mol. The summed E-state index contributed by atoms with van der Waals surface area (Å²) >= 11 is 0. The molecule has 0 radical (unpaired) electrons. The van der Waals surface area contributed by atoms with E-state index in [2.05, 4.69) is 0 Å². The number of fused-ring (bicyclic) bond motifs is 4. The van der Waals surface area contributed by atoms with E-state index in [1.807, 2.05) is 13.8 Å². The summed E-state index contributed by atoms with van der Waals surface area (Å²) < 4.78 is 17.1. The minimum Gasteiger partial charge on any atom is -0.469 e. The molecule has 156 valence electrons. The number of carbonyl (C=O) groups is 3. The van der Waals surface area contributed by atoms with Crippen molar-refractivity contribution in [3.63, 3.8) is 0 Å². The van der Waals surface area contributed by atoms with Crippen molar-refractivity contribution in [2.24, 2.45) is 22.7 Å². The summed E-state index contributed by atoms with van der Waals surface area (Å²) in [5.74, 6) is -1.68. The first-order chi connectivity index (χ1) is 13.5. The Balaban J connectivity index is 1.78. The van der Waals surface area contributed by atoms with E-state index in [1.54, 1.807) is 19.3 Å². The van der Waals surface area contributed by atoms with Gasteiger partial charge in [0, 0.05) is 31.2 Å². The Kier molecular flexibility index (Phi) is 3.58. The predicted molar refractivity (Wildman–Crippen MR) is 98.6 cm³/mol. The van der Waals surface area contributed by atoms with Crippen LogP contribution in [0.3, 0.4) is 0 Å². The number of furan rings is 1. The molecule has 7 atom stereocenters. The van der Waals surface area contributed by atoms with E-state index in [9.17, 15) is 19.5 Å².